The van der Waals surface area contributed by atoms with Crippen molar-refractivity contribution in [2.75, 3.05) is 11.5 Å². The van der Waals surface area contributed by atoms with Gasteiger partial charge in [0.25, 0.3) is 23.6 Å². The second-order valence-electron chi connectivity index (χ2n) is 23.2. The van der Waals surface area contributed by atoms with Gasteiger partial charge in [0.05, 0.1) is 35.1 Å². The zero-order chi connectivity index (χ0) is 58.1. The van der Waals surface area contributed by atoms with Gasteiger partial charge >= 0.3 is 5.97 Å². The first-order valence-electron chi connectivity index (χ1n) is 30.3. The van der Waals surface area contributed by atoms with E-state index in [1.807, 2.05) is 48.5 Å². The molecule has 4 aliphatic rings. The van der Waals surface area contributed by atoms with Gasteiger partial charge < -0.3 is 14.7 Å². The number of aromatic amines is 2. The maximum atomic E-state index is 15.0. The van der Waals surface area contributed by atoms with Crippen molar-refractivity contribution in [1.82, 2.24) is 24.8 Å². The number of nitrogens with one attached hydrogen (secondary N) is 2. The Hall–Kier alpha value is -9.03. The van der Waals surface area contributed by atoms with E-state index >= 15 is 9.59 Å². The minimum Gasteiger partial charge on any atom is -0.464 e. The molecule has 1 atom stereocenters. The van der Waals surface area contributed by atoms with E-state index in [1.165, 1.54) is 21.6 Å². The lowest BCUT2D eigenvalue weighted by Crippen LogP contribution is -2.53. The van der Waals surface area contributed by atoms with Gasteiger partial charge in [0, 0.05) is 77.3 Å². The predicted molar refractivity (Wildman–Crippen MR) is 339 cm³/mol. The van der Waals surface area contributed by atoms with Crippen LogP contribution < -0.4 is 4.90 Å². The number of amides is 4. The zero-order valence-corrected chi connectivity index (χ0v) is 48.6. The molecule has 12 heteroatoms. The summed E-state index contributed by atoms with van der Waals surface area (Å²) in [6, 6.07) is 29.9. The number of carbonyl (C=O) groups is 5. The van der Waals surface area contributed by atoms with Crippen LogP contribution in [-0.4, -0.2) is 67.1 Å². The number of hydrogen-bond donors (Lipinski definition) is 2. The summed E-state index contributed by atoms with van der Waals surface area (Å²) in [4.78, 5) is 93.2. The van der Waals surface area contributed by atoms with Crippen LogP contribution in [0.4, 0.5) is 5.69 Å². The van der Waals surface area contributed by atoms with Crippen molar-refractivity contribution in [3.8, 4) is 11.1 Å². The molecule has 3 aromatic heterocycles. The first-order valence-corrected chi connectivity index (χ1v) is 30.3. The van der Waals surface area contributed by atoms with Crippen molar-refractivity contribution < 1.29 is 28.7 Å². The highest BCUT2D eigenvalue weighted by molar-refractivity contribution is 6.44. The summed E-state index contributed by atoms with van der Waals surface area (Å²) >= 11 is 0. The fraction of sp³-hybridized carbons (Fsp3) is 0.292. The summed E-state index contributed by atoms with van der Waals surface area (Å²) in [5.41, 5.74) is 15.0. The number of nitrogens with zero attached hydrogens (tertiary/aromatic N) is 4. The summed E-state index contributed by atoms with van der Waals surface area (Å²) in [6.07, 6.45) is 21.2. The highest BCUT2D eigenvalue weighted by atomic mass is 16.5. The molecule has 0 saturated heterocycles. The summed E-state index contributed by atoms with van der Waals surface area (Å²) < 4.78 is 5.36. The number of aryl methyl sites for hydroxylation is 3. The minimum absolute atomic E-state index is 0.114. The van der Waals surface area contributed by atoms with E-state index in [1.54, 1.807) is 45.0 Å². The summed E-state index contributed by atoms with van der Waals surface area (Å²) in [5, 5.41) is 5.68. The summed E-state index contributed by atoms with van der Waals surface area (Å²) in [7, 11) is 0. The maximum Gasteiger partial charge on any atom is 0.329 e. The number of ether oxygens (including phenoxy) is 1. The van der Waals surface area contributed by atoms with Gasteiger partial charge in [-0.25, -0.2) is 19.7 Å². The molecule has 0 radical (unpaired) electrons. The predicted octanol–water partition coefficient (Wildman–Crippen LogP) is 16.6. The van der Waals surface area contributed by atoms with Crippen molar-refractivity contribution in [3.63, 3.8) is 0 Å². The maximum absolute atomic E-state index is 15.0. The average molecular weight is 1110 g/mol. The van der Waals surface area contributed by atoms with Gasteiger partial charge in [-0.2, -0.15) is 0 Å². The van der Waals surface area contributed by atoms with Gasteiger partial charge in [0.15, 0.2) is 0 Å². The van der Waals surface area contributed by atoms with Crippen LogP contribution in [-0.2, 0) is 28.8 Å². The van der Waals surface area contributed by atoms with Crippen LogP contribution in [0.15, 0.2) is 97.1 Å². The topological polar surface area (TPSA) is 158 Å². The largest absolute Gasteiger partial charge is 0.464 e. The van der Waals surface area contributed by atoms with Gasteiger partial charge in [-0.15, -0.1) is 0 Å². The highest BCUT2D eigenvalue weighted by Gasteiger charge is 2.44. The van der Waals surface area contributed by atoms with Crippen molar-refractivity contribution in [3.05, 3.63) is 159 Å². The molecule has 9 aromatic rings. The molecule has 4 amide bonds. The molecule has 7 heterocycles. The number of carbonyl (C=O) groups excluding carboxylic acids is 5. The van der Waals surface area contributed by atoms with Crippen molar-refractivity contribution in [1.29, 1.82) is 0 Å². The van der Waals surface area contributed by atoms with E-state index in [2.05, 4.69) is 79.3 Å². The molecule has 2 N–H and O–H groups in total. The molecule has 0 saturated carbocycles. The molecule has 13 rings (SSSR count). The Labute approximate surface area is 488 Å². The van der Waals surface area contributed by atoms with E-state index in [4.69, 9.17) is 14.7 Å². The normalized spacial score (nSPS) is 14.3. The van der Waals surface area contributed by atoms with Crippen LogP contribution in [0, 0.1) is 5.92 Å². The Balaban J connectivity index is 0.919. The molecule has 0 fully saturated rings. The highest BCUT2D eigenvalue weighted by Crippen LogP contribution is 2.47. The third-order valence-electron chi connectivity index (χ3n) is 17.7. The number of esters is 1. The lowest BCUT2D eigenvalue weighted by atomic mass is 9.82. The molecule has 0 aliphatic carbocycles. The SMILES string of the molecule is CCCCCc1c2nc(c(CCCCC)c3ccc([nH]3)c(-c3ccc(N4C(=O)c5ccc6c7ccc8c9c(ccc(c%10ccc(c5c6%10)C4=O)c97)C(=O)N(C(C(=O)OCC)C(C)C)C8=O)cc3)c3nc(c(CCCCC)c4ccc1[nH]4)C=C3)C=C2. The number of aromatic nitrogens is 4. The van der Waals surface area contributed by atoms with E-state index in [0.717, 1.165) is 170 Å². The summed E-state index contributed by atoms with van der Waals surface area (Å²) in [5.74, 6) is -3.02. The number of fused-ring (bicyclic) bond motifs is 10. The van der Waals surface area contributed by atoms with Gasteiger partial charge in [-0.3, -0.25) is 24.1 Å². The number of H-pyrrole nitrogens is 2. The standard InChI is InChI=1S/C72H68N6O6/c1-7-11-14-17-47-54-32-34-56(73-54)48(18-15-12-8-2)58-36-38-60(75-58)62(61-39-37-59(76-61)49(19-16-13-9-3)57-35-33-55(47)74-57)41-20-22-42(23-21-41)77-68(79)50-28-24-43-45-26-30-52-66-53(71(82)78(70(52)81)67(40(5)6)72(83)84-10-4)31-27-46(64(45)66)44-25-29-51(69(77)80)65(50)63(43)44/h20-40,67,73,76H,7-19H2,1-6H3. The third-order valence-corrected chi connectivity index (χ3v) is 17.7. The molecular formula is C72H68N6O6. The van der Waals surface area contributed by atoms with Crippen LogP contribution in [0.2, 0.25) is 0 Å². The van der Waals surface area contributed by atoms with Crippen LogP contribution in [0.3, 0.4) is 0 Å². The molecule has 8 bridgehead atoms. The molecular weight excluding hydrogens is 1040 g/mol. The molecule has 84 heavy (non-hydrogen) atoms. The Morgan fingerprint density at radius 3 is 1.27 bits per heavy atom. The number of unbranched alkanes of at least 4 members (excludes halogenated alkanes) is 6. The van der Waals surface area contributed by atoms with Crippen molar-refractivity contribution in [2.24, 2.45) is 5.92 Å². The molecule has 422 valence electrons. The lowest BCUT2D eigenvalue weighted by molar-refractivity contribution is -0.149. The van der Waals surface area contributed by atoms with Gasteiger partial charge in [0.2, 0.25) is 0 Å². The average Bonchev–Trinajstić information content (AvgIpc) is 2.70. The Bertz CT molecular complexity index is 4350. The third kappa shape index (κ3) is 8.82. The fourth-order valence-corrected chi connectivity index (χ4v) is 13.6. The molecule has 1 unspecified atom stereocenters. The lowest BCUT2D eigenvalue weighted by Gasteiger charge is -2.35. The second-order valence-corrected chi connectivity index (χ2v) is 23.2. The number of hydrogen-bond acceptors (Lipinski definition) is 8. The Kier molecular flexibility index (Phi) is 14.2. The van der Waals surface area contributed by atoms with Crippen LogP contribution >= 0.6 is 0 Å². The Morgan fingerprint density at radius 2 is 0.857 bits per heavy atom. The van der Waals surface area contributed by atoms with E-state index in [-0.39, 0.29) is 6.61 Å². The zero-order valence-electron chi connectivity index (χ0n) is 48.6. The van der Waals surface area contributed by atoms with E-state index in [9.17, 15) is 14.4 Å². The van der Waals surface area contributed by atoms with Gasteiger partial charge in [-0.05, 0) is 174 Å². The van der Waals surface area contributed by atoms with Crippen molar-refractivity contribution >= 4 is 125 Å². The molecule has 4 aliphatic heterocycles. The number of anilines is 1. The smallest absolute Gasteiger partial charge is 0.329 e. The summed E-state index contributed by atoms with van der Waals surface area (Å²) in [6.45, 7) is 12.1. The van der Waals surface area contributed by atoms with Gasteiger partial charge in [0.1, 0.15) is 6.04 Å². The molecule has 12 nitrogen and oxygen atoms in total. The first-order chi connectivity index (χ1) is 40.9. The van der Waals surface area contributed by atoms with Crippen molar-refractivity contribution in [2.45, 2.75) is 125 Å². The monoisotopic (exact) mass is 1110 g/mol. The van der Waals surface area contributed by atoms with Crippen LogP contribution in [0.1, 0.15) is 180 Å². The molecule has 6 aromatic carbocycles. The minimum atomic E-state index is -1.10. The first kappa shape index (κ1) is 54.2. The quantitative estimate of drug-likeness (QED) is 0.0282. The number of imide groups is 2. The number of benzene rings is 6. The van der Waals surface area contributed by atoms with Crippen LogP contribution in [0.25, 0.3) is 101 Å². The van der Waals surface area contributed by atoms with Crippen LogP contribution in [0.5, 0.6) is 0 Å². The number of rotatable bonds is 18. The molecule has 0 spiro atoms. The second kappa shape index (κ2) is 21.9. The van der Waals surface area contributed by atoms with E-state index in [0.29, 0.717) is 38.7 Å². The van der Waals surface area contributed by atoms with Gasteiger partial charge in [-0.1, -0.05) is 110 Å². The Morgan fingerprint density at radius 1 is 0.464 bits per heavy atom. The van der Waals surface area contributed by atoms with E-state index < -0.39 is 41.6 Å². The fourth-order valence-electron chi connectivity index (χ4n) is 13.6.